The van der Waals surface area contributed by atoms with Crippen LogP contribution in [0.4, 0.5) is 0 Å². The van der Waals surface area contributed by atoms with E-state index in [4.69, 9.17) is 27.3 Å². The molecule has 0 aliphatic carbocycles. The molecule has 132 valence electrons. The number of Topliss-reactive ketones (excluding diaryl/α,β-unsaturated/α-hetero) is 1. The van der Waals surface area contributed by atoms with Gasteiger partial charge in [0.2, 0.25) is 5.78 Å². The maximum Gasteiger partial charge on any atom is 0.306 e. The van der Waals surface area contributed by atoms with Gasteiger partial charge in [-0.15, -0.1) is 0 Å². The Morgan fingerprint density at radius 1 is 1.28 bits per heavy atom. The van der Waals surface area contributed by atoms with Gasteiger partial charge in [-0.1, -0.05) is 11.6 Å². The number of halogens is 1. The number of esters is 1. The van der Waals surface area contributed by atoms with Crippen LogP contribution in [0.1, 0.15) is 30.1 Å². The van der Waals surface area contributed by atoms with Gasteiger partial charge in [-0.05, 0) is 37.6 Å². The largest absolute Gasteiger partial charge is 0.457 e. The average Bonchev–Trinajstić information content (AvgIpc) is 2.57. The number of rotatable bonds is 8. The molecular weight excluding hydrogens is 346 g/mol. The summed E-state index contributed by atoms with van der Waals surface area (Å²) >= 11 is 5.74. The Labute approximate surface area is 150 Å². The van der Waals surface area contributed by atoms with Crippen LogP contribution < -0.4 is 11.1 Å². The van der Waals surface area contributed by atoms with Gasteiger partial charge in [-0.25, -0.2) is 0 Å². The minimum Gasteiger partial charge on any atom is -0.457 e. The van der Waals surface area contributed by atoms with Crippen LogP contribution in [0.2, 0.25) is 5.02 Å². The number of amides is 1. The van der Waals surface area contributed by atoms with Gasteiger partial charge in [0.15, 0.2) is 6.61 Å². The van der Waals surface area contributed by atoms with Crippen molar-refractivity contribution in [2.24, 2.45) is 5.73 Å². The van der Waals surface area contributed by atoms with Crippen LogP contribution in [0, 0.1) is 11.3 Å². The number of benzene rings is 1. The number of allylic oxidation sites excluding steroid dienone is 1. The SMILES string of the molecule is C/C(N)=C(/C#N)C(=O)COC(=O)CCCNC(=O)c1ccc(Cl)cc1. The predicted octanol–water partition coefficient (Wildman–Crippen LogP) is 1.72. The molecule has 0 saturated carbocycles. The van der Waals surface area contributed by atoms with Crippen molar-refractivity contribution in [3.05, 3.63) is 46.1 Å². The first-order valence-electron chi connectivity index (χ1n) is 7.44. The highest BCUT2D eigenvalue weighted by molar-refractivity contribution is 6.30. The lowest BCUT2D eigenvalue weighted by Crippen LogP contribution is -2.25. The van der Waals surface area contributed by atoms with E-state index in [0.717, 1.165) is 0 Å². The van der Waals surface area contributed by atoms with Crippen LogP contribution in [-0.4, -0.2) is 30.8 Å². The van der Waals surface area contributed by atoms with Crippen molar-refractivity contribution in [3.8, 4) is 6.07 Å². The summed E-state index contributed by atoms with van der Waals surface area (Å²) in [7, 11) is 0. The van der Waals surface area contributed by atoms with Gasteiger partial charge in [0, 0.05) is 29.2 Å². The third-order valence-corrected chi connectivity index (χ3v) is 3.35. The Hall–Kier alpha value is -2.85. The van der Waals surface area contributed by atoms with Crippen LogP contribution in [0.25, 0.3) is 0 Å². The van der Waals surface area contributed by atoms with Crippen molar-refractivity contribution in [1.29, 1.82) is 5.26 Å². The molecule has 0 atom stereocenters. The van der Waals surface area contributed by atoms with Crippen molar-refractivity contribution in [3.63, 3.8) is 0 Å². The summed E-state index contributed by atoms with van der Waals surface area (Å²) in [5, 5.41) is 12.0. The van der Waals surface area contributed by atoms with E-state index in [9.17, 15) is 14.4 Å². The van der Waals surface area contributed by atoms with Gasteiger partial charge in [0.25, 0.3) is 5.91 Å². The minimum absolute atomic E-state index is 0.0292. The van der Waals surface area contributed by atoms with E-state index in [1.54, 1.807) is 30.3 Å². The molecule has 0 aliphatic heterocycles. The van der Waals surface area contributed by atoms with Crippen LogP contribution in [0.15, 0.2) is 35.5 Å². The van der Waals surface area contributed by atoms with E-state index < -0.39 is 18.4 Å². The van der Waals surface area contributed by atoms with E-state index >= 15 is 0 Å². The Morgan fingerprint density at radius 2 is 1.92 bits per heavy atom. The van der Waals surface area contributed by atoms with E-state index in [2.05, 4.69) is 5.32 Å². The number of carbonyl (C=O) groups is 3. The highest BCUT2D eigenvalue weighted by atomic mass is 35.5. The Morgan fingerprint density at radius 3 is 2.48 bits per heavy atom. The summed E-state index contributed by atoms with van der Waals surface area (Å²) in [4.78, 5) is 35.0. The first-order chi connectivity index (χ1) is 11.8. The van der Waals surface area contributed by atoms with Gasteiger partial charge < -0.3 is 15.8 Å². The number of nitrogens with two attached hydrogens (primary N) is 1. The third kappa shape index (κ3) is 7.06. The summed E-state index contributed by atoms with van der Waals surface area (Å²) in [5.41, 5.74) is 5.71. The zero-order chi connectivity index (χ0) is 18.8. The van der Waals surface area contributed by atoms with Gasteiger partial charge >= 0.3 is 5.97 Å². The summed E-state index contributed by atoms with van der Waals surface area (Å²) in [6.07, 6.45) is 0.380. The van der Waals surface area contributed by atoms with Crippen molar-refractivity contribution < 1.29 is 19.1 Å². The lowest BCUT2D eigenvalue weighted by Gasteiger charge is -2.06. The Bertz CT molecular complexity index is 716. The second-order valence-electron chi connectivity index (χ2n) is 5.12. The van der Waals surface area contributed by atoms with Gasteiger partial charge in [-0.3, -0.25) is 14.4 Å². The van der Waals surface area contributed by atoms with Crippen molar-refractivity contribution in [1.82, 2.24) is 5.32 Å². The normalized spacial score (nSPS) is 11.1. The number of ketones is 1. The molecule has 0 radical (unpaired) electrons. The van der Waals surface area contributed by atoms with Crippen molar-refractivity contribution >= 4 is 29.3 Å². The third-order valence-electron chi connectivity index (χ3n) is 3.10. The van der Waals surface area contributed by atoms with E-state index in [1.807, 2.05) is 0 Å². The number of hydrogen-bond acceptors (Lipinski definition) is 6. The molecule has 3 N–H and O–H groups in total. The average molecular weight is 364 g/mol. The Balaban J connectivity index is 2.28. The predicted molar refractivity (Wildman–Crippen MR) is 91.5 cm³/mol. The van der Waals surface area contributed by atoms with Crippen LogP contribution >= 0.6 is 11.6 Å². The highest BCUT2D eigenvalue weighted by Gasteiger charge is 2.14. The van der Waals surface area contributed by atoms with Crippen molar-refractivity contribution in [2.75, 3.05) is 13.2 Å². The molecule has 25 heavy (non-hydrogen) atoms. The summed E-state index contributed by atoms with van der Waals surface area (Å²) in [6, 6.07) is 8.07. The van der Waals surface area contributed by atoms with Gasteiger partial charge in [0.1, 0.15) is 11.6 Å². The molecule has 7 nitrogen and oxygen atoms in total. The lowest BCUT2D eigenvalue weighted by atomic mass is 10.1. The van der Waals surface area contributed by atoms with Crippen LogP contribution in [0.3, 0.4) is 0 Å². The second-order valence-corrected chi connectivity index (χ2v) is 5.56. The highest BCUT2D eigenvalue weighted by Crippen LogP contribution is 2.09. The zero-order valence-corrected chi connectivity index (χ0v) is 14.4. The fraction of sp³-hybridized carbons (Fsp3) is 0.294. The molecule has 1 aromatic carbocycles. The number of ether oxygens (including phenoxy) is 1. The smallest absolute Gasteiger partial charge is 0.306 e. The number of nitriles is 1. The first kappa shape index (κ1) is 20.2. The summed E-state index contributed by atoms with van der Waals surface area (Å²) in [6.45, 7) is 1.16. The molecule has 0 bridgehead atoms. The molecule has 1 rings (SSSR count). The Kier molecular flexibility index (Phi) is 8.16. The van der Waals surface area contributed by atoms with Crippen LogP contribution in [-0.2, 0) is 14.3 Å². The summed E-state index contributed by atoms with van der Waals surface area (Å²) in [5.74, 6) is -1.52. The monoisotopic (exact) mass is 363 g/mol. The lowest BCUT2D eigenvalue weighted by molar-refractivity contribution is -0.147. The number of nitrogens with one attached hydrogen (secondary N) is 1. The zero-order valence-electron chi connectivity index (χ0n) is 13.7. The molecule has 1 aromatic rings. The van der Waals surface area contributed by atoms with E-state index in [-0.39, 0.29) is 30.1 Å². The fourth-order valence-electron chi connectivity index (χ4n) is 1.80. The van der Waals surface area contributed by atoms with Gasteiger partial charge in [0.05, 0.1) is 0 Å². The van der Waals surface area contributed by atoms with Gasteiger partial charge in [-0.2, -0.15) is 5.26 Å². The minimum atomic E-state index is -0.646. The first-order valence-corrected chi connectivity index (χ1v) is 7.82. The maximum atomic E-state index is 11.8. The molecule has 0 aliphatic rings. The number of nitrogens with zero attached hydrogens (tertiary/aromatic N) is 1. The summed E-state index contributed by atoms with van der Waals surface area (Å²) < 4.78 is 4.78. The topological polar surface area (TPSA) is 122 Å². The van der Waals surface area contributed by atoms with Crippen LogP contribution in [0.5, 0.6) is 0 Å². The molecule has 0 fully saturated rings. The molecule has 0 heterocycles. The molecule has 0 aromatic heterocycles. The molecule has 8 heteroatoms. The molecule has 0 saturated heterocycles. The quantitative estimate of drug-likeness (QED) is 0.314. The standard InChI is InChI=1S/C17H18ClN3O4/c1-11(20)14(9-19)15(22)10-25-16(23)3-2-8-21-17(24)12-4-6-13(18)7-5-12/h4-7H,2-3,8,10,20H2,1H3,(H,21,24)/b14-11+. The molecular formula is C17H18ClN3O4. The maximum absolute atomic E-state index is 11.8. The van der Waals surface area contributed by atoms with E-state index in [0.29, 0.717) is 17.0 Å². The fourth-order valence-corrected chi connectivity index (χ4v) is 1.92. The second kappa shape index (κ2) is 10.1. The number of carbonyl (C=O) groups excluding carboxylic acids is 3. The van der Waals surface area contributed by atoms with E-state index in [1.165, 1.54) is 6.92 Å². The molecule has 0 unspecified atom stereocenters. The van der Waals surface area contributed by atoms with Crippen molar-refractivity contribution in [2.45, 2.75) is 19.8 Å². The number of hydrogen-bond donors (Lipinski definition) is 2. The molecule has 0 spiro atoms. The molecule has 1 amide bonds.